The van der Waals surface area contributed by atoms with Crippen LogP contribution in [-0.4, -0.2) is 43.2 Å². The largest absolute Gasteiger partial charge is 0.480 e. The zero-order valence-corrected chi connectivity index (χ0v) is 19.9. The molecule has 0 spiro atoms. The molecule has 9 heteroatoms. The molecule has 0 aromatic carbocycles. The molecule has 1 saturated carbocycles. The molecule has 0 amide bonds. The van der Waals surface area contributed by atoms with Crippen LogP contribution in [0.25, 0.3) is 22.3 Å². The Morgan fingerprint density at radius 3 is 2.71 bits per heavy atom. The first kappa shape index (κ1) is 22.6. The number of carboxylic acid groups (broad SMARTS) is 1. The van der Waals surface area contributed by atoms with Gasteiger partial charge in [-0.15, -0.1) is 0 Å². The fraction of sp³-hybridized carbons (Fsp3) is 0.480. The molecule has 1 saturated heterocycles. The van der Waals surface area contributed by atoms with Crippen LogP contribution in [-0.2, 0) is 11.3 Å². The van der Waals surface area contributed by atoms with Crippen LogP contribution in [0.3, 0.4) is 0 Å². The Hall–Kier alpha value is -3.18. The van der Waals surface area contributed by atoms with E-state index in [0.717, 1.165) is 37.2 Å². The molecule has 5 rings (SSSR count). The first-order chi connectivity index (χ1) is 16.4. The van der Waals surface area contributed by atoms with Crippen LogP contribution in [0, 0.1) is 23.2 Å². The Labute approximate surface area is 203 Å². The van der Waals surface area contributed by atoms with Gasteiger partial charge >= 0.3 is 5.97 Å². The zero-order valence-electron chi connectivity index (χ0n) is 19.1. The van der Waals surface area contributed by atoms with Gasteiger partial charge in [-0.2, -0.15) is 5.26 Å². The number of fused-ring (bicyclic) bond motifs is 1. The fourth-order valence-electron chi connectivity index (χ4n) is 5.37. The van der Waals surface area contributed by atoms with Crippen LogP contribution in [0.1, 0.15) is 51.1 Å². The molecular weight excluding hydrogens is 452 g/mol. The molecule has 4 heterocycles. The van der Waals surface area contributed by atoms with Crippen molar-refractivity contribution in [3.05, 3.63) is 35.2 Å². The third-order valence-electron chi connectivity index (χ3n) is 7.17. The highest BCUT2D eigenvalue weighted by atomic mass is 35.5. The van der Waals surface area contributed by atoms with Crippen molar-refractivity contribution < 1.29 is 9.90 Å². The number of anilines is 1. The molecule has 8 nitrogen and oxygen atoms in total. The van der Waals surface area contributed by atoms with Gasteiger partial charge in [0.1, 0.15) is 17.8 Å². The predicted octanol–water partition coefficient (Wildman–Crippen LogP) is 4.90. The van der Waals surface area contributed by atoms with E-state index in [2.05, 4.69) is 27.5 Å². The molecule has 0 unspecified atom stereocenters. The minimum Gasteiger partial charge on any atom is -0.480 e. The lowest BCUT2D eigenvalue weighted by Crippen LogP contribution is -2.38. The van der Waals surface area contributed by atoms with Crippen molar-refractivity contribution in [1.82, 2.24) is 19.5 Å². The van der Waals surface area contributed by atoms with E-state index in [1.807, 2.05) is 4.90 Å². The number of nitrogens with zero attached hydrogens (tertiary/aromatic N) is 6. The second-order valence-electron chi connectivity index (χ2n) is 9.57. The summed E-state index contributed by atoms with van der Waals surface area (Å²) in [5, 5.41) is 20.0. The first-order valence-corrected chi connectivity index (χ1v) is 12.2. The van der Waals surface area contributed by atoms with Crippen LogP contribution >= 0.6 is 11.6 Å². The molecule has 34 heavy (non-hydrogen) atoms. The van der Waals surface area contributed by atoms with Crippen molar-refractivity contribution in [3.63, 3.8) is 0 Å². The van der Waals surface area contributed by atoms with Crippen LogP contribution < -0.4 is 4.90 Å². The highest BCUT2D eigenvalue weighted by Crippen LogP contribution is 2.37. The first-order valence-electron chi connectivity index (χ1n) is 11.9. The Balaban J connectivity index is 1.71. The molecule has 2 fully saturated rings. The summed E-state index contributed by atoms with van der Waals surface area (Å²) in [6.07, 6.45) is 9.26. The maximum atomic E-state index is 12.0. The summed E-state index contributed by atoms with van der Waals surface area (Å²) in [5.74, 6) is 1.02. The number of aliphatic carboxylic acids is 1. The minimum absolute atomic E-state index is 0.251. The van der Waals surface area contributed by atoms with Gasteiger partial charge in [0.25, 0.3) is 0 Å². The third-order valence-corrected chi connectivity index (χ3v) is 7.37. The molecule has 0 radical (unpaired) electrons. The Morgan fingerprint density at radius 1 is 1.21 bits per heavy atom. The van der Waals surface area contributed by atoms with Gasteiger partial charge in [-0.05, 0) is 43.6 Å². The van der Waals surface area contributed by atoms with E-state index in [9.17, 15) is 15.2 Å². The van der Waals surface area contributed by atoms with Crippen LogP contribution in [0.4, 0.5) is 5.95 Å². The van der Waals surface area contributed by atoms with Gasteiger partial charge in [0, 0.05) is 37.1 Å². The summed E-state index contributed by atoms with van der Waals surface area (Å²) < 4.78 is 2.14. The molecule has 176 valence electrons. The lowest BCUT2D eigenvalue weighted by Gasteiger charge is -2.29. The highest BCUT2D eigenvalue weighted by Gasteiger charge is 2.35. The van der Waals surface area contributed by atoms with E-state index >= 15 is 0 Å². The van der Waals surface area contributed by atoms with Crippen LogP contribution in [0.15, 0.2) is 24.5 Å². The second kappa shape index (κ2) is 9.22. The summed E-state index contributed by atoms with van der Waals surface area (Å²) in [6.45, 7) is 3.66. The van der Waals surface area contributed by atoms with E-state index in [1.54, 1.807) is 24.5 Å². The van der Waals surface area contributed by atoms with Crippen LogP contribution in [0.5, 0.6) is 0 Å². The highest BCUT2D eigenvalue weighted by molar-refractivity contribution is 6.30. The van der Waals surface area contributed by atoms with Gasteiger partial charge < -0.3 is 14.6 Å². The average molecular weight is 479 g/mol. The molecule has 1 aliphatic carbocycles. The Kier molecular flexibility index (Phi) is 6.13. The number of imidazole rings is 1. The van der Waals surface area contributed by atoms with E-state index in [4.69, 9.17) is 16.6 Å². The monoisotopic (exact) mass is 478 g/mol. The maximum Gasteiger partial charge on any atom is 0.326 e. The van der Waals surface area contributed by atoms with Gasteiger partial charge in [0.15, 0.2) is 0 Å². The minimum atomic E-state index is -0.835. The van der Waals surface area contributed by atoms with Gasteiger partial charge in [0.2, 0.25) is 5.95 Å². The Morgan fingerprint density at radius 2 is 2.00 bits per heavy atom. The third kappa shape index (κ3) is 4.21. The van der Waals surface area contributed by atoms with Gasteiger partial charge in [-0.3, -0.25) is 4.98 Å². The Bertz CT molecular complexity index is 1270. The molecule has 1 atom stereocenters. The lowest BCUT2D eigenvalue weighted by molar-refractivity contribution is -0.138. The molecule has 0 bridgehead atoms. The number of pyridine rings is 2. The van der Waals surface area contributed by atoms with Crippen molar-refractivity contribution in [2.24, 2.45) is 11.8 Å². The molecule has 3 aromatic rings. The predicted molar refractivity (Wildman–Crippen MR) is 130 cm³/mol. The summed E-state index contributed by atoms with van der Waals surface area (Å²) in [5.41, 5.74) is 2.99. The maximum absolute atomic E-state index is 12.0. The van der Waals surface area contributed by atoms with E-state index in [-0.39, 0.29) is 5.69 Å². The summed E-state index contributed by atoms with van der Waals surface area (Å²) in [6, 6.07) is 4.99. The lowest BCUT2D eigenvalue weighted by atomic mass is 9.83. The number of carbonyl (C=O) groups is 1. The molecular formula is C25H27ClN6O2. The normalized spacial score (nSPS) is 22.7. The number of carboxylic acids is 1. The SMILES string of the molecule is C[C@H]1CC[C@H](Cn2c(N3CCC[C@H]3C(=O)O)nc3cc(C#N)nc(-c4cncc(Cl)c4)c32)CC1. The number of halogens is 1. The number of rotatable bonds is 5. The van der Waals surface area contributed by atoms with Crippen molar-refractivity contribution in [2.45, 2.75) is 58.0 Å². The van der Waals surface area contributed by atoms with Gasteiger partial charge in [0.05, 0.1) is 21.7 Å². The number of hydrogen-bond donors (Lipinski definition) is 1. The van der Waals surface area contributed by atoms with Crippen molar-refractivity contribution in [1.29, 1.82) is 5.26 Å². The molecule has 1 aliphatic heterocycles. The van der Waals surface area contributed by atoms with Gasteiger partial charge in [-0.1, -0.05) is 31.4 Å². The van der Waals surface area contributed by atoms with E-state index in [0.29, 0.717) is 46.6 Å². The quantitative estimate of drug-likeness (QED) is 0.555. The molecule has 3 aromatic heterocycles. The number of aromatic nitrogens is 4. The molecule has 1 N–H and O–H groups in total. The van der Waals surface area contributed by atoms with Crippen molar-refractivity contribution >= 4 is 34.6 Å². The van der Waals surface area contributed by atoms with Crippen LogP contribution in [0.2, 0.25) is 5.02 Å². The van der Waals surface area contributed by atoms with Crippen molar-refractivity contribution in [3.8, 4) is 17.3 Å². The molecule has 2 aliphatic rings. The van der Waals surface area contributed by atoms with E-state index in [1.165, 1.54) is 12.8 Å². The topological polar surface area (TPSA) is 108 Å². The smallest absolute Gasteiger partial charge is 0.326 e. The van der Waals surface area contributed by atoms with Gasteiger partial charge in [-0.25, -0.2) is 14.8 Å². The summed E-state index contributed by atoms with van der Waals surface area (Å²) >= 11 is 6.24. The average Bonchev–Trinajstić information content (AvgIpc) is 3.45. The standard InChI is InChI=1S/C25H27ClN6O2/c1-15-4-6-16(7-5-15)14-32-23-20(30-25(32)31-8-2-3-21(31)24(33)34)10-19(11-27)29-22(23)17-9-18(26)13-28-12-17/h9-10,12-13,15-16,21H,2-8,14H2,1H3,(H,33,34)/t15-,16-,21-/m0/s1. The fourth-order valence-corrected chi connectivity index (χ4v) is 5.54. The number of nitriles is 1. The zero-order chi connectivity index (χ0) is 23.8. The number of hydrogen-bond acceptors (Lipinski definition) is 6. The van der Waals surface area contributed by atoms with E-state index < -0.39 is 12.0 Å². The summed E-state index contributed by atoms with van der Waals surface area (Å²) in [4.78, 5) is 27.7. The second-order valence-corrected chi connectivity index (χ2v) is 10.0. The summed E-state index contributed by atoms with van der Waals surface area (Å²) in [7, 11) is 0. The van der Waals surface area contributed by atoms with Crippen molar-refractivity contribution in [2.75, 3.05) is 11.4 Å².